The lowest BCUT2D eigenvalue weighted by Gasteiger charge is -1.93. The number of ether oxygens (including phenoxy) is 1. The van der Waals surface area contributed by atoms with Crippen LogP contribution in [-0.4, -0.2) is 23.0 Å². The zero-order chi connectivity index (χ0) is 15.4. The molecule has 0 atom stereocenters. The molecule has 0 fully saturated rings. The molecule has 1 heterocycles. The Bertz CT molecular complexity index is 691. The Labute approximate surface area is 119 Å². The summed E-state index contributed by atoms with van der Waals surface area (Å²) in [6.45, 7) is 0. The topological polar surface area (TPSA) is 107 Å². The Kier molecular flexibility index (Phi) is 3.99. The molecule has 2 aromatic carbocycles. The van der Waals surface area contributed by atoms with Crippen LogP contribution in [0.4, 0.5) is 5.69 Å². The fraction of sp³-hybridized carbons (Fsp3) is 0. The van der Waals surface area contributed by atoms with Gasteiger partial charge in [-0.1, -0.05) is 18.2 Å². The van der Waals surface area contributed by atoms with Gasteiger partial charge in [-0.05, 0) is 30.3 Å². The summed E-state index contributed by atoms with van der Waals surface area (Å²) in [5.74, 6) is -2.05. The molecule has 0 bridgehead atoms. The smallest absolute Gasteiger partial charge is 0.346 e. The van der Waals surface area contributed by atoms with E-state index < -0.39 is 17.9 Å². The molecule has 0 radical (unpaired) electrons. The van der Waals surface area contributed by atoms with E-state index in [0.29, 0.717) is 16.8 Å². The quantitative estimate of drug-likeness (QED) is 0.471. The molecule has 21 heavy (non-hydrogen) atoms. The van der Waals surface area contributed by atoms with Gasteiger partial charge in [0.25, 0.3) is 0 Å². The van der Waals surface area contributed by atoms with Crippen LogP contribution in [0.3, 0.4) is 0 Å². The number of aromatic carboxylic acids is 1. The van der Waals surface area contributed by atoms with E-state index >= 15 is 0 Å². The van der Waals surface area contributed by atoms with Crippen LogP contribution in [-0.2, 0) is 4.74 Å². The predicted octanol–water partition coefficient (Wildman–Crippen LogP) is 1.96. The minimum Gasteiger partial charge on any atom is -0.478 e. The van der Waals surface area contributed by atoms with Crippen LogP contribution in [0.1, 0.15) is 31.1 Å². The third-order valence-corrected chi connectivity index (χ3v) is 2.69. The Morgan fingerprint density at radius 2 is 1.52 bits per heavy atom. The van der Waals surface area contributed by atoms with Gasteiger partial charge in [-0.25, -0.2) is 14.4 Å². The number of anilines is 1. The van der Waals surface area contributed by atoms with E-state index in [0.717, 1.165) is 0 Å². The first kappa shape index (κ1) is 14.3. The van der Waals surface area contributed by atoms with Crippen molar-refractivity contribution < 1.29 is 24.2 Å². The maximum Gasteiger partial charge on any atom is 0.346 e. The zero-order valence-electron chi connectivity index (χ0n) is 10.8. The Morgan fingerprint density at radius 3 is 1.95 bits per heavy atom. The Balaban J connectivity index is 0.000000155. The maximum atomic E-state index is 10.8. The van der Waals surface area contributed by atoms with Crippen molar-refractivity contribution in [2.24, 2.45) is 0 Å². The molecule has 1 aliphatic heterocycles. The second kappa shape index (κ2) is 5.87. The number of carboxylic acids is 1. The molecule has 0 aliphatic carbocycles. The van der Waals surface area contributed by atoms with Gasteiger partial charge in [0.15, 0.2) is 0 Å². The number of carbonyl (C=O) groups excluding carboxylic acids is 2. The second-order valence-corrected chi connectivity index (χ2v) is 4.15. The van der Waals surface area contributed by atoms with Crippen LogP contribution in [0.15, 0.2) is 48.5 Å². The molecular weight excluding hydrogens is 274 g/mol. The lowest BCUT2D eigenvalue weighted by Crippen LogP contribution is -1.96. The summed E-state index contributed by atoms with van der Waals surface area (Å²) in [5, 5.41) is 8.45. The number of nitrogen functional groups attached to an aromatic ring is 1. The van der Waals surface area contributed by atoms with E-state index in [-0.39, 0.29) is 5.56 Å². The number of esters is 2. The lowest BCUT2D eigenvalue weighted by molar-refractivity contribution is 0.0443. The SMILES string of the molecule is Nc1cccc(C(=O)O)c1.O=C1OC(=O)c2ccccc21. The van der Waals surface area contributed by atoms with Crippen LogP contribution in [0.25, 0.3) is 0 Å². The molecule has 1 aliphatic rings. The van der Waals surface area contributed by atoms with E-state index in [9.17, 15) is 14.4 Å². The normalized spacial score (nSPS) is 12.0. The average molecular weight is 285 g/mol. The van der Waals surface area contributed by atoms with Gasteiger partial charge < -0.3 is 15.6 Å². The summed E-state index contributed by atoms with van der Waals surface area (Å²) in [7, 11) is 0. The monoisotopic (exact) mass is 285 g/mol. The van der Waals surface area contributed by atoms with Crippen molar-refractivity contribution in [1.82, 2.24) is 0 Å². The summed E-state index contributed by atoms with van der Waals surface area (Å²) in [4.78, 5) is 32.0. The Morgan fingerprint density at radius 1 is 0.952 bits per heavy atom. The van der Waals surface area contributed by atoms with E-state index in [2.05, 4.69) is 4.74 Å². The van der Waals surface area contributed by atoms with E-state index in [4.69, 9.17) is 10.8 Å². The van der Waals surface area contributed by atoms with Gasteiger partial charge in [-0.3, -0.25) is 0 Å². The van der Waals surface area contributed by atoms with Crippen molar-refractivity contribution in [3.8, 4) is 0 Å². The number of nitrogens with two attached hydrogens (primary N) is 1. The van der Waals surface area contributed by atoms with Gasteiger partial charge in [0.1, 0.15) is 0 Å². The number of rotatable bonds is 1. The van der Waals surface area contributed by atoms with Crippen LogP contribution in [0.2, 0.25) is 0 Å². The van der Waals surface area contributed by atoms with Crippen LogP contribution < -0.4 is 5.73 Å². The number of cyclic esters (lactones) is 2. The largest absolute Gasteiger partial charge is 0.478 e. The molecule has 6 heteroatoms. The third kappa shape index (κ3) is 3.24. The van der Waals surface area contributed by atoms with Crippen molar-refractivity contribution in [2.75, 3.05) is 5.73 Å². The molecule has 3 rings (SSSR count). The number of fused-ring (bicyclic) bond motifs is 1. The molecule has 3 N–H and O–H groups in total. The standard InChI is InChI=1S/C8H4O3.C7H7NO2/c9-7-5-3-1-2-4-6(5)8(10)11-7;8-6-3-1-2-5(4-6)7(9)10/h1-4H;1-4H,8H2,(H,9,10). The minimum absolute atomic E-state index is 0.222. The average Bonchev–Trinajstić information content (AvgIpc) is 2.75. The van der Waals surface area contributed by atoms with E-state index in [1.54, 1.807) is 36.4 Å². The van der Waals surface area contributed by atoms with Crippen molar-refractivity contribution in [3.05, 3.63) is 65.2 Å². The molecule has 0 amide bonds. The maximum absolute atomic E-state index is 10.8. The highest BCUT2D eigenvalue weighted by Crippen LogP contribution is 2.18. The van der Waals surface area contributed by atoms with Gasteiger partial charge in [-0.15, -0.1) is 0 Å². The fourth-order valence-electron chi connectivity index (χ4n) is 1.70. The summed E-state index contributed by atoms with van der Waals surface area (Å²) in [5.41, 5.74) is 6.75. The second-order valence-electron chi connectivity index (χ2n) is 4.15. The fourth-order valence-corrected chi connectivity index (χ4v) is 1.70. The van der Waals surface area contributed by atoms with E-state index in [1.807, 2.05) is 0 Å². The van der Waals surface area contributed by atoms with Crippen molar-refractivity contribution in [2.45, 2.75) is 0 Å². The van der Waals surface area contributed by atoms with Crippen molar-refractivity contribution in [3.63, 3.8) is 0 Å². The molecule has 0 unspecified atom stereocenters. The first-order valence-corrected chi connectivity index (χ1v) is 5.93. The lowest BCUT2D eigenvalue weighted by atomic mass is 10.1. The molecule has 2 aromatic rings. The highest BCUT2D eigenvalue weighted by molar-refractivity contribution is 6.14. The number of hydrogen-bond donors (Lipinski definition) is 2. The first-order valence-electron chi connectivity index (χ1n) is 5.93. The van der Waals surface area contributed by atoms with Crippen LogP contribution in [0.5, 0.6) is 0 Å². The van der Waals surface area contributed by atoms with Crippen molar-refractivity contribution in [1.29, 1.82) is 0 Å². The zero-order valence-corrected chi connectivity index (χ0v) is 10.8. The van der Waals surface area contributed by atoms with Gasteiger partial charge in [0.05, 0.1) is 16.7 Å². The summed E-state index contributed by atoms with van der Waals surface area (Å²) in [6, 6.07) is 12.7. The number of carboxylic acid groups (broad SMARTS) is 1. The molecule has 0 saturated carbocycles. The van der Waals surface area contributed by atoms with E-state index in [1.165, 1.54) is 12.1 Å². The molecule has 106 valence electrons. The first-order chi connectivity index (χ1) is 9.99. The summed E-state index contributed by atoms with van der Waals surface area (Å²) in [6.07, 6.45) is 0. The number of benzene rings is 2. The number of carbonyl (C=O) groups is 3. The molecule has 0 aromatic heterocycles. The highest BCUT2D eigenvalue weighted by Gasteiger charge is 2.28. The van der Waals surface area contributed by atoms with Crippen LogP contribution in [0, 0.1) is 0 Å². The Hall–Kier alpha value is -3.15. The molecule has 6 nitrogen and oxygen atoms in total. The highest BCUT2D eigenvalue weighted by atomic mass is 16.6. The summed E-state index contributed by atoms with van der Waals surface area (Å²) >= 11 is 0. The van der Waals surface area contributed by atoms with Crippen molar-refractivity contribution >= 4 is 23.6 Å². The molecular formula is C15H11NO5. The van der Waals surface area contributed by atoms with Gasteiger partial charge in [0, 0.05) is 5.69 Å². The summed E-state index contributed by atoms with van der Waals surface area (Å²) < 4.78 is 4.35. The minimum atomic E-state index is -0.952. The molecule has 0 spiro atoms. The van der Waals surface area contributed by atoms with Gasteiger partial charge in [0.2, 0.25) is 0 Å². The van der Waals surface area contributed by atoms with Crippen LogP contribution >= 0.6 is 0 Å². The van der Waals surface area contributed by atoms with Gasteiger partial charge in [-0.2, -0.15) is 0 Å². The third-order valence-electron chi connectivity index (χ3n) is 2.69. The number of hydrogen-bond acceptors (Lipinski definition) is 5. The van der Waals surface area contributed by atoms with Gasteiger partial charge >= 0.3 is 17.9 Å². The predicted molar refractivity (Wildman–Crippen MR) is 74.0 cm³/mol. The molecule has 0 saturated heterocycles.